The maximum atomic E-state index is 12.1. The van der Waals surface area contributed by atoms with Crippen LogP contribution in [0.1, 0.15) is 36.8 Å². The predicted molar refractivity (Wildman–Crippen MR) is 117 cm³/mol. The van der Waals surface area contributed by atoms with Gasteiger partial charge in [0.05, 0.1) is 6.61 Å². The Labute approximate surface area is 182 Å². The van der Waals surface area contributed by atoms with Crippen LogP contribution in [0.3, 0.4) is 0 Å². The molecule has 0 saturated heterocycles. The fraction of sp³-hybridized carbons (Fsp3) is 0.632. The third kappa shape index (κ3) is 12.3. The molecule has 0 aliphatic heterocycles. The van der Waals surface area contributed by atoms with Gasteiger partial charge >= 0.3 is 6.18 Å². The lowest BCUT2D eigenvalue weighted by Crippen LogP contribution is -2.37. The first-order valence-corrected chi connectivity index (χ1v) is 9.08. The number of nitrogens with zero attached hydrogens (tertiary/aromatic N) is 1. The number of nitrogens with one attached hydrogen (secondary N) is 2. The molecule has 0 radical (unpaired) electrons. The van der Waals surface area contributed by atoms with Crippen molar-refractivity contribution in [2.24, 2.45) is 4.99 Å². The van der Waals surface area contributed by atoms with Crippen molar-refractivity contribution >= 4 is 29.9 Å². The quantitative estimate of drug-likeness (QED) is 0.198. The van der Waals surface area contributed by atoms with Gasteiger partial charge in [0.15, 0.2) is 5.96 Å². The zero-order valence-corrected chi connectivity index (χ0v) is 19.0. The molecule has 0 aliphatic carbocycles. The van der Waals surface area contributed by atoms with Gasteiger partial charge in [-0.3, -0.25) is 4.99 Å². The highest BCUT2D eigenvalue weighted by Crippen LogP contribution is 2.22. The standard InChI is InChI=1S/C19H30F3N3O2.HI/c1-15-7-8-16(17(13-15)27-12-6-11-26-3)14-25-18(23-2)24-10-5-4-9-19(20,21)22;/h7-8,13H,4-6,9-12,14H2,1-3H3,(H2,23,24,25);1H. The molecule has 0 aliphatic rings. The van der Waals surface area contributed by atoms with Crippen LogP contribution in [-0.2, 0) is 11.3 Å². The van der Waals surface area contributed by atoms with Crippen LogP contribution in [0.25, 0.3) is 0 Å². The molecule has 1 rings (SSSR count). The number of rotatable bonds is 11. The van der Waals surface area contributed by atoms with Gasteiger partial charge in [-0.25, -0.2) is 0 Å². The molecule has 5 nitrogen and oxygen atoms in total. The zero-order valence-electron chi connectivity index (χ0n) is 16.7. The number of ether oxygens (including phenoxy) is 2. The van der Waals surface area contributed by atoms with Gasteiger partial charge in [-0.05, 0) is 31.4 Å². The number of aryl methyl sites for hydroxylation is 1. The van der Waals surface area contributed by atoms with E-state index in [2.05, 4.69) is 15.6 Å². The number of unbranched alkanes of at least 4 members (excludes halogenated alkanes) is 1. The molecule has 0 fully saturated rings. The predicted octanol–water partition coefficient (Wildman–Crippen LogP) is 4.43. The third-order valence-electron chi connectivity index (χ3n) is 3.82. The van der Waals surface area contributed by atoms with Crippen LogP contribution in [-0.4, -0.2) is 46.1 Å². The van der Waals surface area contributed by atoms with Crippen LogP contribution < -0.4 is 15.4 Å². The minimum absolute atomic E-state index is 0. The van der Waals surface area contributed by atoms with Gasteiger partial charge in [0, 0.05) is 52.3 Å². The van der Waals surface area contributed by atoms with Crippen molar-refractivity contribution in [1.82, 2.24) is 10.6 Å². The van der Waals surface area contributed by atoms with Crippen molar-refractivity contribution in [3.63, 3.8) is 0 Å². The van der Waals surface area contributed by atoms with Gasteiger partial charge in [-0.15, -0.1) is 24.0 Å². The molecule has 0 atom stereocenters. The molecule has 0 unspecified atom stereocenters. The van der Waals surface area contributed by atoms with E-state index in [4.69, 9.17) is 9.47 Å². The van der Waals surface area contributed by atoms with Crippen molar-refractivity contribution < 1.29 is 22.6 Å². The molecule has 0 bridgehead atoms. The van der Waals surface area contributed by atoms with Gasteiger partial charge < -0.3 is 20.1 Å². The summed E-state index contributed by atoms with van der Waals surface area (Å²) in [6.07, 6.45) is -3.51. The summed E-state index contributed by atoms with van der Waals surface area (Å²) in [5.41, 5.74) is 2.09. The van der Waals surface area contributed by atoms with Crippen LogP contribution >= 0.6 is 24.0 Å². The molecular formula is C19H31F3IN3O2. The highest BCUT2D eigenvalue weighted by Gasteiger charge is 2.25. The molecule has 0 saturated carbocycles. The van der Waals surface area contributed by atoms with Crippen molar-refractivity contribution in [2.75, 3.05) is 33.9 Å². The van der Waals surface area contributed by atoms with E-state index in [1.807, 2.05) is 25.1 Å². The topological polar surface area (TPSA) is 54.9 Å². The summed E-state index contributed by atoms with van der Waals surface area (Å²) in [6.45, 7) is 4.15. The minimum Gasteiger partial charge on any atom is -0.493 e. The Morgan fingerprint density at radius 2 is 1.86 bits per heavy atom. The smallest absolute Gasteiger partial charge is 0.389 e. The fourth-order valence-electron chi connectivity index (χ4n) is 2.38. The zero-order chi connectivity index (χ0) is 20.1. The van der Waals surface area contributed by atoms with Crippen LogP contribution in [0.4, 0.5) is 13.2 Å². The first-order valence-electron chi connectivity index (χ1n) is 9.08. The van der Waals surface area contributed by atoms with Crippen LogP contribution in [0, 0.1) is 6.92 Å². The number of halogens is 4. The normalized spacial score (nSPS) is 11.7. The van der Waals surface area contributed by atoms with E-state index in [9.17, 15) is 13.2 Å². The second-order valence-electron chi connectivity index (χ2n) is 6.23. The summed E-state index contributed by atoms with van der Waals surface area (Å²) in [5, 5.41) is 6.20. The first kappa shape index (κ1) is 26.8. The van der Waals surface area contributed by atoms with Gasteiger partial charge in [-0.2, -0.15) is 13.2 Å². The molecule has 0 spiro atoms. The van der Waals surface area contributed by atoms with E-state index in [1.54, 1.807) is 14.2 Å². The van der Waals surface area contributed by atoms with Crippen LogP contribution in [0.15, 0.2) is 23.2 Å². The Morgan fingerprint density at radius 1 is 1.11 bits per heavy atom. The maximum Gasteiger partial charge on any atom is 0.389 e. The second-order valence-corrected chi connectivity index (χ2v) is 6.23. The highest BCUT2D eigenvalue weighted by molar-refractivity contribution is 14.0. The van der Waals surface area contributed by atoms with Crippen molar-refractivity contribution in [3.05, 3.63) is 29.3 Å². The van der Waals surface area contributed by atoms with E-state index >= 15 is 0 Å². The molecule has 0 amide bonds. The molecule has 0 aromatic heterocycles. The maximum absolute atomic E-state index is 12.1. The Bertz CT molecular complexity index is 584. The summed E-state index contributed by atoms with van der Waals surface area (Å²) < 4.78 is 47.3. The Hall–Kier alpha value is -1.23. The lowest BCUT2D eigenvalue weighted by Gasteiger charge is -2.15. The van der Waals surface area contributed by atoms with Crippen LogP contribution in [0.5, 0.6) is 5.75 Å². The molecule has 0 heterocycles. The molecule has 9 heteroatoms. The van der Waals surface area contributed by atoms with Crippen molar-refractivity contribution in [3.8, 4) is 5.75 Å². The molecular weight excluding hydrogens is 486 g/mol. The lowest BCUT2D eigenvalue weighted by atomic mass is 10.1. The Kier molecular flexibility index (Phi) is 14.1. The summed E-state index contributed by atoms with van der Waals surface area (Å²) in [4.78, 5) is 4.10. The average molecular weight is 517 g/mol. The molecule has 2 N–H and O–H groups in total. The Balaban J connectivity index is 0.00000729. The van der Waals surface area contributed by atoms with E-state index in [1.165, 1.54) is 0 Å². The third-order valence-corrected chi connectivity index (χ3v) is 3.82. The van der Waals surface area contributed by atoms with Crippen molar-refractivity contribution in [2.45, 2.75) is 45.3 Å². The average Bonchev–Trinajstić information content (AvgIpc) is 2.61. The number of methoxy groups -OCH3 is 1. The summed E-state index contributed by atoms with van der Waals surface area (Å²) >= 11 is 0. The van der Waals surface area contributed by atoms with E-state index in [0.29, 0.717) is 38.7 Å². The number of hydrogen-bond donors (Lipinski definition) is 2. The molecule has 28 heavy (non-hydrogen) atoms. The second kappa shape index (κ2) is 14.7. The van der Waals surface area contributed by atoms with E-state index < -0.39 is 12.6 Å². The number of hydrogen-bond acceptors (Lipinski definition) is 3. The van der Waals surface area contributed by atoms with E-state index in [-0.39, 0.29) is 30.4 Å². The first-order chi connectivity index (χ1) is 12.9. The van der Waals surface area contributed by atoms with Gasteiger partial charge in [0.2, 0.25) is 0 Å². The number of alkyl halides is 3. The molecule has 1 aromatic rings. The largest absolute Gasteiger partial charge is 0.493 e. The van der Waals surface area contributed by atoms with Crippen molar-refractivity contribution in [1.29, 1.82) is 0 Å². The number of aliphatic imine (C=N–C) groups is 1. The van der Waals surface area contributed by atoms with Gasteiger partial charge in [-0.1, -0.05) is 12.1 Å². The van der Waals surface area contributed by atoms with Gasteiger partial charge in [0.1, 0.15) is 5.75 Å². The fourth-order valence-corrected chi connectivity index (χ4v) is 2.38. The minimum atomic E-state index is -4.09. The number of benzene rings is 1. The van der Waals surface area contributed by atoms with Crippen LogP contribution in [0.2, 0.25) is 0 Å². The highest BCUT2D eigenvalue weighted by atomic mass is 127. The molecule has 162 valence electrons. The Morgan fingerprint density at radius 3 is 2.50 bits per heavy atom. The summed E-state index contributed by atoms with van der Waals surface area (Å²) in [5.74, 6) is 1.35. The summed E-state index contributed by atoms with van der Waals surface area (Å²) in [6, 6.07) is 5.98. The lowest BCUT2D eigenvalue weighted by molar-refractivity contribution is -0.135. The SMILES string of the molecule is CN=C(NCCCCC(F)(F)F)NCc1ccc(C)cc1OCCCOC.I. The van der Waals surface area contributed by atoms with Gasteiger partial charge in [0.25, 0.3) is 0 Å². The monoisotopic (exact) mass is 517 g/mol. The number of guanidine groups is 1. The summed E-state index contributed by atoms with van der Waals surface area (Å²) in [7, 11) is 3.28. The van der Waals surface area contributed by atoms with E-state index in [0.717, 1.165) is 23.3 Å². The molecule has 1 aromatic carbocycles.